The van der Waals surface area contributed by atoms with Gasteiger partial charge in [0.15, 0.2) is 0 Å². The predicted octanol–water partition coefficient (Wildman–Crippen LogP) is 1.58. The third kappa shape index (κ3) is 3.93. The van der Waals surface area contributed by atoms with Crippen molar-refractivity contribution in [2.75, 3.05) is 13.1 Å². The van der Waals surface area contributed by atoms with E-state index in [-0.39, 0.29) is 23.3 Å². The molecule has 6 heteroatoms. The SMILES string of the molecule is O=C(O)c1ccc2c(c1)CN(C(=O)CCCNC(=O)C1CC1)CC2. The lowest BCUT2D eigenvalue weighted by atomic mass is 9.97. The number of carbonyl (C=O) groups is 3. The number of carbonyl (C=O) groups excluding carboxylic acids is 2. The third-order valence-electron chi connectivity index (χ3n) is 4.63. The first kappa shape index (κ1) is 16.5. The van der Waals surface area contributed by atoms with E-state index in [1.165, 1.54) is 0 Å². The maximum absolute atomic E-state index is 12.3. The van der Waals surface area contributed by atoms with Crippen LogP contribution in [0.4, 0.5) is 0 Å². The molecule has 1 heterocycles. The summed E-state index contributed by atoms with van der Waals surface area (Å²) in [6, 6.07) is 5.11. The van der Waals surface area contributed by atoms with E-state index in [9.17, 15) is 14.4 Å². The number of benzene rings is 1. The molecule has 1 saturated carbocycles. The van der Waals surface area contributed by atoms with Gasteiger partial charge in [0, 0.05) is 32.0 Å². The topological polar surface area (TPSA) is 86.7 Å². The van der Waals surface area contributed by atoms with E-state index in [2.05, 4.69) is 5.32 Å². The number of carboxylic acids is 1. The number of hydrogen-bond acceptors (Lipinski definition) is 3. The monoisotopic (exact) mass is 330 g/mol. The smallest absolute Gasteiger partial charge is 0.335 e. The maximum atomic E-state index is 12.3. The Balaban J connectivity index is 1.48. The molecule has 24 heavy (non-hydrogen) atoms. The number of aromatic carboxylic acids is 1. The lowest BCUT2D eigenvalue weighted by molar-refractivity contribution is -0.132. The van der Waals surface area contributed by atoms with Crippen LogP contribution in [0, 0.1) is 5.92 Å². The van der Waals surface area contributed by atoms with Gasteiger partial charge in [-0.05, 0) is 48.9 Å². The second kappa shape index (κ2) is 7.03. The van der Waals surface area contributed by atoms with Gasteiger partial charge in [0.05, 0.1) is 5.56 Å². The second-order valence-electron chi connectivity index (χ2n) is 6.52. The number of rotatable bonds is 6. The first-order valence-corrected chi connectivity index (χ1v) is 8.45. The molecule has 1 fully saturated rings. The van der Waals surface area contributed by atoms with E-state index in [0.717, 1.165) is 30.4 Å². The van der Waals surface area contributed by atoms with Gasteiger partial charge in [0.1, 0.15) is 0 Å². The van der Waals surface area contributed by atoms with E-state index in [0.29, 0.717) is 32.5 Å². The molecule has 2 N–H and O–H groups in total. The molecular weight excluding hydrogens is 308 g/mol. The van der Waals surface area contributed by atoms with Crippen LogP contribution in [0.3, 0.4) is 0 Å². The maximum Gasteiger partial charge on any atom is 0.335 e. The highest BCUT2D eigenvalue weighted by atomic mass is 16.4. The van der Waals surface area contributed by atoms with Crippen LogP contribution >= 0.6 is 0 Å². The molecule has 1 aliphatic carbocycles. The molecule has 0 atom stereocenters. The first-order chi connectivity index (χ1) is 11.5. The molecule has 6 nitrogen and oxygen atoms in total. The van der Waals surface area contributed by atoms with E-state index >= 15 is 0 Å². The zero-order chi connectivity index (χ0) is 17.1. The number of fused-ring (bicyclic) bond motifs is 1. The van der Waals surface area contributed by atoms with Crippen LogP contribution in [-0.2, 0) is 22.6 Å². The highest BCUT2D eigenvalue weighted by Crippen LogP contribution is 2.28. The lowest BCUT2D eigenvalue weighted by Gasteiger charge is -2.29. The Labute approximate surface area is 140 Å². The minimum atomic E-state index is -0.951. The standard InChI is InChI=1S/C18H22N2O4/c21-16(2-1-8-19-17(22)13-4-5-13)20-9-7-12-3-6-14(18(23)24)10-15(12)11-20/h3,6,10,13H,1-2,4-5,7-9,11H2,(H,19,22)(H,23,24). The quantitative estimate of drug-likeness (QED) is 0.775. The highest BCUT2D eigenvalue weighted by molar-refractivity contribution is 5.88. The van der Waals surface area contributed by atoms with Gasteiger partial charge in [-0.15, -0.1) is 0 Å². The number of amides is 2. The first-order valence-electron chi connectivity index (χ1n) is 8.45. The molecule has 0 bridgehead atoms. The average molecular weight is 330 g/mol. The van der Waals surface area contributed by atoms with Crippen molar-refractivity contribution in [3.8, 4) is 0 Å². The van der Waals surface area contributed by atoms with Crippen molar-refractivity contribution < 1.29 is 19.5 Å². The Kier molecular flexibility index (Phi) is 4.83. The van der Waals surface area contributed by atoms with Crippen LogP contribution in [0.2, 0.25) is 0 Å². The van der Waals surface area contributed by atoms with E-state index in [1.807, 2.05) is 6.07 Å². The molecule has 0 aromatic heterocycles. The molecule has 0 radical (unpaired) electrons. The fraction of sp³-hybridized carbons (Fsp3) is 0.500. The van der Waals surface area contributed by atoms with Gasteiger partial charge in [-0.25, -0.2) is 4.79 Å². The van der Waals surface area contributed by atoms with Crippen molar-refractivity contribution >= 4 is 17.8 Å². The fourth-order valence-corrected chi connectivity index (χ4v) is 3.00. The summed E-state index contributed by atoms with van der Waals surface area (Å²) in [4.78, 5) is 36.7. The number of hydrogen-bond donors (Lipinski definition) is 2. The normalized spacial score (nSPS) is 16.4. The Morgan fingerprint density at radius 3 is 2.71 bits per heavy atom. The van der Waals surface area contributed by atoms with Gasteiger partial charge >= 0.3 is 5.97 Å². The third-order valence-corrected chi connectivity index (χ3v) is 4.63. The molecule has 0 saturated heterocycles. The van der Waals surface area contributed by atoms with Crippen LogP contribution in [0.1, 0.15) is 47.2 Å². The average Bonchev–Trinajstić information content (AvgIpc) is 3.42. The van der Waals surface area contributed by atoms with Crippen molar-refractivity contribution in [1.82, 2.24) is 10.2 Å². The van der Waals surface area contributed by atoms with Gasteiger partial charge < -0.3 is 15.3 Å². The molecule has 0 unspecified atom stereocenters. The van der Waals surface area contributed by atoms with Crippen molar-refractivity contribution in [2.45, 2.75) is 38.6 Å². The summed E-state index contributed by atoms with van der Waals surface area (Å²) in [5.74, 6) is -0.590. The minimum Gasteiger partial charge on any atom is -0.478 e. The van der Waals surface area contributed by atoms with E-state index in [1.54, 1.807) is 17.0 Å². The Bertz CT molecular complexity index is 667. The largest absolute Gasteiger partial charge is 0.478 e. The van der Waals surface area contributed by atoms with Gasteiger partial charge in [0.2, 0.25) is 11.8 Å². The summed E-state index contributed by atoms with van der Waals surface area (Å²) in [5, 5.41) is 11.9. The Morgan fingerprint density at radius 2 is 2.00 bits per heavy atom. The Morgan fingerprint density at radius 1 is 1.21 bits per heavy atom. The van der Waals surface area contributed by atoms with Gasteiger partial charge in [0.25, 0.3) is 0 Å². The summed E-state index contributed by atoms with van der Waals surface area (Å²) in [7, 11) is 0. The molecular formula is C18H22N2O4. The number of nitrogens with one attached hydrogen (secondary N) is 1. The molecule has 1 aromatic carbocycles. The number of carboxylic acid groups (broad SMARTS) is 1. The van der Waals surface area contributed by atoms with E-state index in [4.69, 9.17) is 5.11 Å². The van der Waals surface area contributed by atoms with Gasteiger partial charge in [-0.1, -0.05) is 6.07 Å². The summed E-state index contributed by atoms with van der Waals surface area (Å²) < 4.78 is 0. The molecule has 3 rings (SSSR count). The molecule has 2 amide bonds. The predicted molar refractivity (Wildman–Crippen MR) is 87.5 cm³/mol. The summed E-state index contributed by atoms with van der Waals surface area (Å²) in [5.41, 5.74) is 2.28. The lowest BCUT2D eigenvalue weighted by Crippen LogP contribution is -2.36. The molecule has 0 spiro atoms. The zero-order valence-corrected chi connectivity index (χ0v) is 13.6. The summed E-state index contributed by atoms with van der Waals surface area (Å²) in [6.07, 6.45) is 3.75. The van der Waals surface area contributed by atoms with Crippen LogP contribution in [-0.4, -0.2) is 40.9 Å². The molecule has 128 valence electrons. The van der Waals surface area contributed by atoms with Crippen LogP contribution in [0.15, 0.2) is 18.2 Å². The van der Waals surface area contributed by atoms with Crippen molar-refractivity contribution in [3.05, 3.63) is 34.9 Å². The molecule has 2 aliphatic rings. The minimum absolute atomic E-state index is 0.0575. The van der Waals surface area contributed by atoms with Gasteiger partial charge in [-0.2, -0.15) is 0 Å². The van der Waals surface area contributed by atoms with Crippen molar-refractivity contribution in [2.24, 2.45) is 5.92 Å². The van der Waals surface area contributed by atoms with Crippen LogP contribution in [0.5, 0.6) is 0 Å². The molecule has 1 aliphatic heterocycles. The Hall–Kier alpha value is -2.37. The molecule has 1 aromatic rings. The summed E-state index contributed by atoms with van der Waals surface area (Å²) in [6.45, 7) is 1.66. The number of nitrogens with zero attached hydrogens (tertiary/aromatic N) is 1. The van der Waals surface area contributed by atoms with E-state index < -0.39 is 5.97 Å². The van der Waals surface area contributed by atoms with Crippen molar-refractivity contribution in [3.63, 3.8) is 0 Å². The van der Waals surface area contributed by atoms with Crippen LogP contribution < -0.4 is 5.32 Å². The second-order valence-corrected chi connectivity index (χ2v) is 6.52. The zero-order valence-electron chi connectivity index (χ0n) is 13.6. The highest BCUT2D eigenvalue weighted by Gasteiger charge is 2.29. The fourth-order valence-electron chi connectivity index (χ4n) is 3.00. The van der Waals surface area contributed by atoms with Crippen molar-refractivity contribution in [1.29, 1.82) is 0 Å². The van der Waals surface area contributed by atoms with Crippen LogP contribution in [0.25, 0.3) is 0 Å². The van der Waals surface area contributed by atoms with Gasteiger partial charge in [-0.3, -0.25) is 9.59 Å². The summed E-state index contributed by atoms with van der Waals surface area (Å²) >= 11 is 0.